The molecule has 0 atom stereocenters. The molecule has 1 fully saturated rings. The summed E-state index contributed by atoms with van der Waals surface area (Å²) in [7, 11) is -1.50. The Morgan fingerprint density at radius 1 is 1.31 bits per heavy atom. The van der Waals surface area contributed by atoms with Gasteiger partial charge in [-0.25, -0.2) is 0 Å². The van der Waals surface area contributed by atoms with Crippen molar-refractivity contribution in [2.45, 2.75) is 12.8 Å². The van der Waals surface area contributed by atoms with Gasteiger partial charge < -0.3 is 19.4 Å². The fraction of sp³-hybridized carbons (Fsp3) is 0.500. The normalized spacial score (nSPS) is 16.6. The summed E-state index contributed by atoms with van der Waals surface area (Å²) >= 11 is 0. The first-order valence-electron chi connectivity index (χ1n) is 4.47. The van der Waals surface area contributed by atoms with Crippen LogP contribution >= 0.6 is 0 Å². The minimum atomic E-state index is -1.50. The second-order valence-electron chi connectivity index (χ2n) is 3.28. The maximum absolute atomic E-state index is 8.82. The van der Waals surface area contributed by atoms with Gasteiger partial charge in [-0.2, -0.15) is 0 Å². The van der Waals surface area contributed by atoms with E-state index in [-0.39, 0.29) is 5.66 Å². The van der Waals surface area contributed by atoms with Gasteiger partial charge in [0.2, 0.25) is 0 Å². The van der Waals surface area contributed by atoms with Crippen LogP contribution in [0.3, 0.4) is 0 Å². The lowest BCUT2D eigenvalue weighted by Crippen LogP contribution is -2.28. The van der Waals surface area contributed by atoms with E-state index in [1.54, 1.807) is 12.3 Å². The summed E-state index contributed by atoms with van der Waals surface area (Å²) in [5, 5.41) is 17.6. The van der Waals surface area contributed by atoms with Crippen molar-refractivity contribution in [3.63, 3.8) is 0 Å². The summed E-state index contributed by atoms with van der Waals surface area (Å²) < 4.78 is 5.00. The summed E-state index contributed by atoms with van der Waals surface area (Å²) in [6, 6.07) is 1.68. The van der Waals surface area contributed by atoms with Gasteiger partial charge in [0.15, 0.2) is 0 Å². The number of furan rings is 1. The van der Waals surface area contributed by atoms with E-state index in [2.05, 4.69) is 4.90 Å². The maximum atomic E-state index is 8.82. The summed E-state index contributed by atoms with van der Waals surface area (Å²) in [6.07, 6.45) is 3.96. The van der Waals surface area contributed by atoms with E-state index in [1.807, 2.05) is 0 Å². The molecule has 13 heavy (non-hydrogen) atoms. The van der Waals surface area contributed by atoms with Crippen molar-refractivity contribution < 1.29 is 14.5 Å². The van der Waals surface area contributed by atoms with Gasteiger partial charge in [0.25, 0.3) is 0 Å². The predicted octanol–water partition coefficient (Wildman–Crippen LogP) is -0.440. The average Bonchev–Trinajstić information content (AvgIpc) is 2.75. The summed E-state index contributed by atoms with van der Waals surface area (Å²) in [5.41, 5.74) is 1.16. The predicted molar refractivity (Wildman–Crippen MR) is 50.0 cm³/mol. The van der Waals surface area contributed by atoms with Crippen molar-refractivity contribution in [3.8, 4) is 0 Å². The van der Waals surface area contributed by atoms with Crippen molar-refractivity contribution in [2.75, 3.05) is 18.0 Å². The van der Waals surface area contributed by atoms with Gasteiger partial charge in [-0.15, -0.1) is 0 Å². The first-order chi connectivity index (χ1) is 6.27. The number of nitrogens with zero attached hydrogens (tertiary/aromatic N) is 1. The van der Waals surface area contributed by atoms with Crippen LogP contribution in [0, 0.1) is 0 Å². The molecule has 2 heterocycles. The molecule has 1 aromatic heterocycles. The zero-order valence-corrected chi connectivity index (χ0v) is 7.31. The smallest absolute Gasteiger partial charge is 0.471 e. The van der Waals surface area contributed by atoms with Crippen molar-refractivity contribution in [1.82, 2.24) is 0 Å². The molecule has 0 radical (unpaired) electrons. The molecule has 0 aliphatic carbocycles. The first-order valence-corrected chi connectivity index (χ1v) is 4.47. The molecule has 0 spiro atoms. The Morgan fingerprint density at radius 3 is 2.54 bits per heavy atom. The highest BCUT2D eigenvalue weighted by atomic mass is 16.4. The van der Waals surface area contributed by atoms with Crippen LogP contribution < -0.4 is 10.6 Å². The van der Waals surface area contributed by atoms with E-state index < -0.39 is 7.12 Å². The van der Waals surface area contributed by atoms with Gasteiger partial charge >= 0.3 is 7.12 Å². The Hall–Kier alpha value is -0.935. The Balaban J connectivity index is 2.12. The van der Waals surface area contributed by atoms with Gasteiger partial charge in [0.1, 0.15) is 11.9 Å². The van der Waals surface area contributed by atoms with Crippen LogP contribution in [0.15, 0.2) is 16.7 Å². The molecule has 2 rings (SSSR count). The molecule has 70 valence electrons. The van der Waals surface area contributed by atoms with E-state index >= 15 is 0 Å². The molecule has 0 amide bonds. The van der Waals surface area contributed by atoms with Gasteiger partial charge in [-0.05, 0) is 18.9 Å². The minimum Gasteiger partial charge on any atom is -0.471 e. The van der Waals surface area contributed by atoms with Gasteiger partial charge in [0, 0.05) is 13.1 Å². The number of hydrogen-bond acceptors (Lipinski definition) is 4. The zero-order valence-electron chi connectivity index (χ0n) is 7.31. The number of rotatable bonds is 2. The Labute approximate surface area is 76.9 Å². The highest BCUT2D eigenvalue weighted by molar-refractivity contribution is 6.57. The number of anilines is 1. The average molecular weight is 181 g/mol. The second-order valence-corrected chi connectivity index (χ2v) is 3.28. The van der Waals surface area contributed by atoms with E-state index in [1.165, 1.54) is 12.8 Å². The van der Waals surface area contributed by atoms with Gasteiger partial charge in [0.05, 0.1) is 5.69 Å². The van der Waals surface area contributed by atoms with E-state index in [4.69, 9.17) is 14.5 Å². The maximum Gasteiger partial charge on any atom is 0.526 e. The third-order valence-corrected chi connectivity index (χ3v) is 2.33. The Morgan fingerprint density at radius 2 is 2.00 bits per heavy atom. The van der Waals surface area contributed by atoms with E-state index in [9.17, 15) is 0 Å². The molecule has 1 aliphatic heterocycles. The fourth-order valence-corrected chi connectivity index (χ4v) is 1.62. The molecule has 0 aromatic carbocycles. The van der Waals surface area contributed by atoms with Crippen LogP contribution in [-0.4, -0.2) is 30.3 Å². The standard InChI is InChI=1S/C8H12BNO3/c11-9(12)8-5-7(6-13-8)10-3-1-2-4-10/h5-6,11-12H,1-4H2. The molecule has 4 nitrogen and oxygen atoms in total. The SMILES string of the molecule is OB(O)c1cc(N2CCCC2)co1. The van der Waals surface area contributed by atoms with Crippen molar-refractivity contribution in [2.24, 2.45) is 0 Å². The van der Waals surface area contributed by atoms with Crippen LogP contribution in [0.5, 0.6) is 0 Å². The lowest BCUT2D eigenvalue weighted by molar-refractivity contribution is 0.409. The molecule has 0 bridgehead atoms. The summed E-state index contributed by atoms with van der Waals surface area (Å²) in [6.45, 7) is 2.06. The van der Waals surface area contributed by atoms with E-state index in [0.29, 0.717) is 0 Å². The van der Waals surface area contributed by atoms with Crippen molar-refractivity contribution in [1.29, 1.82) is 0 Å². The third-order valence-electron chi connectivity index (χ3n) is 2.33. The van der Waals surface area contributed by atoms with Gasteiger partial charge in [-0.3, -0.25) is 0 Å². The lowest BCUT2D eigenvalue weighted by atomic mass is 9.88. The van der Waals surface area contributed by atoms with E-state index in [0.717, 1.165) is 18.8 Å². The molecule has 5 heteroatoms. The van der Waals surface area contributed by atoms with Gasteiger partial charge in [-0.1, -0.05) is 0 Å². The highest BCUT2D eigenvalue weighted by Gasteiger charge is 2.20. The Kier molecular flexibility index (Phi) is 2.29. The molecule has 1 saturated heterocycles. The topological polar surface area (TPSA) is 56.8 Å². The van der Waals surface area contributed by atoms with Crippen LogP contribution in [0.4, 0.5) is 5.69 Å². The monoisotopic (exact) mass is 181 g/mol. The molecule has 1 aliphatic rings. The van der Waals surface area contributed by atoms with Crippen LogP contribution in [0.1, 0.15) is 12.8 Å². The minimum absolute atomic E-state index is 0.210. The number of hydrogen-bond donors (Lipinski definition) is 2. The molecule has 0 unspecified atom stereocenters. The van der Waals surface area contributed by atoms with Crippen molar-refractivity contribution in [3.05, 3.63) is 12.3 Å². The molecule has 1 aromatic rings. The molecular weight excluding hydrogens is 169 g/mol. The van der Waals surface area contributed by atoms with Crippen LogP contribution in [0.25, 0.3) is 0 Å². The highest BCUT2D eigenvalue weighted by Crippen LogP contribution is 2.19. The quantitative estimate of drug-likeness (QED) is 0.607. The van der Waals surface area contributed by atoms with Crippen LogP contribution in [-0.2, 0) is 0 Å². The molecular formula is C8H12BNO3. The first kappa shape index (κ1) is 8.65. The Bertz CT molecular complexity index is 281. The molecule has 0 saturated carbocycles. The van der Waals surface area contributed by atoms with Crippen LogP contribution in [0.2, 0.25) is 0 Å². The fourth-order valence-electron chi connectivity index (χ4n) is 1.62. The third kappa shape index (κ3) is 1.71. The largest absolute Gasteiger partial charge is 0.526 e. The summed E-state index contributed by atoms with van der Waals surface area (Å²) in [5.74, 6) is 0. The summed E-state index contributed by atoms with van der Waals surface area (Å²) in [4.78, 5) is 2.18. The van der Waals surface area contributed by atoms with Crippen molar-refractivity contribution >= 4 is 18.5 Å². The zero-order chi connectivity index (χ0) is 9.26. The second kappa shape index (κ2) is 3.43. The molecule has 2 N–H and O–H groups in total. The lowest BCUT2D eigenvalue weighted by Gasteiger charge is -2.13.